The van der Waals surface area contributed by atoms with Gasteiger partial charge in [-0.25, -0.2) is 0 Å². The van der Waals surface area contributed by atoms with Gasteiger partial charge in [-0.2, -0.15) is 0 Å². The summed E-state index contributed by atoms with van der Waals surface area (Å²) in [6.07, 6.45) is 0.547. The van der Waals surface area contributed by atoms with Crippen LogP contribution in [0.1, 0.15) is 18.4 Å². The number of hydrogen-bond acceptors (Lipinski definition) is 2. The van der Waals surface area contributed by atoms with Crippen molar-refractivity contribution in [1.29, 1.82) is 0 Å². The van der Waals surface area contributed by atoms with Crippen molar-refractivity contribution < 1.29 is 22.7 Å². The van der Waals surface area contributed by atoms with Gasteiger partial charge in [0, 0.05) is 5.92 Å². The minimum atomic E-state index is -4.88. The number of Topliss-reactive ketones (excluding diaryl/α,β-unsaturated/α-hetero) is 1. The van der Waals surface area contributed by atoms with E-state index in [0.717, 1.165) is 12.5 Å². The van der Waals surface area contributed by atoms with E-state index >= 15 is 0 Å². The lowest BCUT2D eigenvalue weighted by Crippen LogP contribution is -2.42. The molecule has 0 atom stereocenters. The molecular formula is C15H13F3O2. The topological polar surface area (TPSA) is 26.3 Å². The standard InChI is InChI=1S/C15H13F3O2/c1-11(19)14(20-15(16,17)18)9-7-13(8-10-14)12-5-3-2-4-6-12/h2-10,13H,1H3. The molecule has 0 amide bonds. The lowest BCUT2D eigenvalue weighted by molar-refractivity contribution is -0.344. The Morgan fingerprint density at radius 3 is 2.15 bits per heavy atom. The van der Waals surface area contributed by atoms with Crippen LogP contribution in [0.3, 0.4) is 0 Å². The van der Waals surface area contributed by atoms with E-state index in [1.807, 2.05) is 30.3 Å². The van der Waals surface area contributed by atoms with E-state index in [0.29, 0.717) is 0 Å². The highest BCUT2D eigenvalue weighted by Crippen LogP contribution is 2.34. The fourth-order valence-corrected chi connectivity index (χ4v) is 2.08. The molecule has 1 aliphatic carbocycles. The lowest BCUT2D eigenvalue weighted by Gasteiger charge is -2.29. The van der Waals surface area contributed by atoms with E-state index in [1.54, 1.807) is 12.2 Å². The van der Waals surface area contributed by atoms with Crippen LogP contribution in [0, 0.1) is 0 Å². The summed E-state index contributed by atoms with van der Waals surface area (Å²) in [5.41, 5.74) is -1.12. The van der Waals surface area contributed by atoms with Crippen molar-refractivity contribution in [2.45, 2.75) is 24.8 Å². The van der Waals surface area contributed by atoms with E-state index in [4.69, 9.17) is 0 Å². The summed E-state index contributed by atoms with van der Waals surface area (Å²) < 4.78 is 41.3. The van der Waals surface area contributed by atoms with E-state index in [9.17, 15) is 18.0 Å². The van der Waals surface area contributed by atoms with Crippen molar-refractivity contribution in [1.82, 2.24) is 0 Å². The molecule has 0 aromatic heterocycles. The first-order chi connectivity index (χ1) is 9.32. The Hall–Kier alpha value is -1.88. The molecule has 0 N–H and O–H groups in total. The molecule has 0 bridgehead atoms. The highest BCUT2D eigenvalue weighted by atomic mass is 19.4. The number of benzene rings is 1. The number of carbonyl (C=O) groups is 1. The fraction of sp³-hybridized carbons (Fsp3) is 0.267. The Kier molecular flexibility index (Phi) is 3.81. The first-order valence-corrected chi connectivity index (χ1v) is 6.04. The van der Waals surface area contributed by atoms with Gasteiger partial charge in [0.25, 0.3) is 0 Å². The summed E-state index contributed by atoms with van der Waals surface area (Å²) in [5, 5.41) is 0. The van der Waals surface area contributed by atoms with Crippen molar-refractivity contribution in [2.75, 3.05) is 0 Å². The van der Waals surface area contributed by atoms with Gasteiger partial charge in [-0.05, 0) is 24.6 Å². The summed E-state index contributed by atoms with van der Waals surface area (Å²) in [7, 11) is 0. The number of ether oxygens (including phenoxy) is 1. The van der Waals surface area contributed by atoms with Gasteiger partial charge < -0.3 is 0 Å². The number of rotatable bonds is 3. The van der Waals surface area contributed by atoms with Crippen molar-refractivity contribution in [3.8, 4) is 0 Å². The molecule has 20 heavy (non-hydrogen) atoms. The second kappa shape index (κ2) is 5.25. The van der Waals surface area contributed by atoms with Gasteiger partial charge >= 0.3 is 6.36 Å². The monoisotopic (exact) mass is 282 g/mol. The third-order valence-corrected chi connectivity index (χ3v) is 3.12. The summed E-state index contributed by atoms with van der Waals surface area (Å²) in [6, 6.07) is 9.27. The average molecular weight is 282 g/mol. The molecule has 0 aliphatic heterocycles. The Labute approximate surface area is 114 Å². The Balaban J connectivity index is 2.25. The number of alkyl halides is 3. The molecule has 0 saturated heterocycles. The van der Waals surface area contributed by atoms with Crippen molar-refractivity contribution in [2.24, 2.45) is 0 Å². The van der Waals surface area contributed by atoms with Crippen LogP contribution in [-0.4, -0.2) is 17.7 Å². The zero-order chi connectivity index (χ0) is 14.8. The van der Waals surface area contributed by atoms with Gasteiger partial charge in [0.2, 0.25) is 0 Å². The minimum Gasteiger partial charge on any atom is -0.296 e. The van der Waals surface area contributed by atoms with Gasteiger partial charge in [0.1, 0.15) is 0 Å². The van der Waals surface area contributed by atoms with Gasteiger partial charge in [-0.15, -0.1) is 13.2 Å². The summed E-state index contributed by atoms with van der Waals surface area (Å²) in [5.74, 6) is -0.880. The lowest BCUT2D eigenvalue weighted by atomic mass is 9.86. The van der Waals surface area contributed by atoms with Gasteiger partial charge in [-0.1, -0.05) is 42.5 Å². The fourth-order valence-electron chi connectivity index (χ4n) is 2.08. The molecule has 2 rings (SSSR count). The van der Waals surface area contributed by atoms with Crippen LogP contribution >= 0.6 is 0 Å². The number of ketones is 1. The number of halogens is 3. The first-order valence-electron chi connectivity index (χ1n) is 6.04. The van der Waals surface area contributed by atoms with Crippen LogP contribution in [-0.2, 0) is 9.53 Å². The highest BCUT2D eigenvalue weighted by Gasteiger charge is 2.44. The first kappa shape index (κ1) is 14.5. The quantitative estimate of drug-likeness (QED) is 0.789. The summed E-state index contributed by atoms with van der Waals surface area (Å²) in [4.78, 5) is 11.5. The molecule has 0 saturated carbocycles. The van der Waals surface area contributed by atoms with Crippen LogP contribution < -0.4 is 0 Å². The predicted molar refractivity (Wildman–Crippen MR) is 68.0 cm³/mol. The maximum absolute atomic E-state index is 12.4. The molecule has 106 valence electrons. The molecule has 0 radical (unpaired) electrons. The van der Waals surface area contributed by atoms with Crippen molar-refractivity contribution >= 4 is 5.78 Å². The maximum Gasteiger partial charge on any atom is 0.524 e. The molecular weight excluding hydrogens is 269 g/mol. The number of allylic oxidation sites excluding steroid dienone is 2. The predicted octanol–water partition coefficient (Wildman–Crippen LogP) is 3.76. The Morgan fingerprint density at radius 1 is 1.15 bits per heavy atom. The van der Waals surface area contributed by atoms with E-state index in [2.05, 4.69) is 4.74 Å². The SMILES string of the molecule is CC(=O)C1(OC(F)(F)F)C=CC(c2ccccc2)C=C1. The van der Waals surface area contributed by atoms with E-state index in [-0.39, 0.29) is 5.92 Å². The van der Waals surface area contributed by atoms with Crippen LogP contribution in [0.25, 0.3) is 0 Å². The number of hydrogen-bond donors (Lipinski definition) is 0. The highest BCUT2D eigenvalue weighted by molar-refractivity contribution is 5.90. The minimum absolute atomic E-state index is 0.166. The van der Waals surface area contributed by atoms with Crippen LogP contribution in [0.2, 0.25) is 0 Å². The number of carbonyl (C=O) groups excluding carboxylic acids is 1. The maximum atomic E-state index is 12.4. The van der Waals surface area contributed by atoms with E-state index < -0.39 is 17.7 Å². The normalized spacial score (nSPS) is 25.7. The van der Waals surface area contributed by atoms with Gasteiger partial charge in [0.15, 0.2) is 11.4 Å². The molecule has 2 nitrogen and oxygen atoms in total. The second-order valence-corrected chi connectivity index (χ2v) is 4.55. The molecule has 0 fully saturated rings. The molecule has 1 aromatic rings. The Bertz CT molecular complexity index is 530. The van der Waals surface area contributed by atoms with E-state index in [1.165, 1.54) is 12.2 Å². The van der Waals surface area contributed by atoms with Crippen LogP contribution in [0.4, 0.5) is 13.2 Å². The molecule has 0 heterocycles. The third kappa shape index (κ3) is 3.17. The van der Waals surface area contributed by atoms with Crippen molar-refractivity contribution in [3.05, 3.63) is 60.2 Å². The van der Waals surface area contributed by atoms with Gasteiger partial charge in [-0.3, -0.25) is 9.53 Å². The smallest absolute Gasteiger partial charge is 0.296 e. The summed E-state index contributed by atoms with van der Waals surface area (Å²) in [6.45, 7) is 1.07. The Morgan fingerprint density at radius 2 is 1.70 bits per heavy atom. The summed E-state index contributed by atoms with van der Waals surface area (Å²) >= 11 is 0. The average Bonchev–Trinajstić information content (AvgIpc) is 2.38. The molecule has 0 spiro atoms. The molecule has 0 unspecified atom stereocenters. The van der Waals surface area contributed by atoms with Crippen LogP contribution in [0.15, 0.2) is 54.6 Å². The molecule has 1 aliphatic rings. The third-order valence-electron chi connectivity index (χ3n) is 3.12. The molecule has 5 heteroatoms. The van der Waals surface area contributed by atoms with Gasteiger partial charge in [0.05, 0.1) is 0 Å². The second-order valence-electron chi connectivity index (χ2n) is 4.55. The van der Waals surface area contributed by atoms with Crippen LogP contribution in [0.5, 0.6) is 0 Å². The zero-order valence-corrected chi connectivity index (χ0v) is 10.7. The molecule has 1 aromatic carbocycles. The largest absolute Gasteiger partial charge is 0.524 e. The van der Waals surface area contributed by atoms with Crippen molar-refractivity contribution in [3.63, 3.8) is 0 Å². The zero-order valence-electron chi connectivity index (χ0n) is 10.7.